The van der Waals surface area contributed by atoms with E-state index in [1.54, 1.807) is 0 Å². The van der Waals surface area contributed by atoms with E-state index < -0.39 is 41.9 Å². The van der Waals surface area contributed by atoms with Crippen molar-refractivity contribution in [1.29, 1.82) is 0 Å². The van der Waals surface area contributed by atoms with Gasteiger partial charge >= 0.3 is 18.7 Å². The van der Waals surface area contributed by atoms with Gasteiger partial charge in [-0.15, -0.1) is 0 Å². The van der Waals surface area contributed by atoms with Crippen molar-refractivity contribution in [3.8, 4) is 5.75 Å². The predicted molar refractivity (Wildman–Crippen MR) is 117 cm³/mol. The quantitative estimate of drug-likeness (QED) is 0.275. The van der Waals surface area contributed by atoms with Crippen LogP contribution < -0.4 is 10.5 Å². The predicted octanol–water partition coefficient (Wildman–Crippen LogP) is 4.91. The van der Waals surface area contributed by atoms with E-state index in [-0.39, 0.29) is 21.9 Å². The Balaban J connectivity index is 2.55. The average molecular weight is 545 g/mol. The molecule has 0 spiro atoms. The molecule has 0 bridgehead atoms. The maximum atomic E-state index is 13.9. The number of rotatable bonds is 9. The van der Waals surface area contributed by atoms with E-state index in [0.717, 1.165) is 19.5 Å². The Morgan fingerprint density at radius 1 is 1.33 bits per heavy atom. The second kappa shape index (κ2) is 11.1. The van der Waals surface area contributed by atoms with Crippen LogP contribution in [0.2, 0.25) is 5.15 Å². The Morgan fingerprint density at radius 2 is 1.97 bits per heavy atom. The molecule has 8 nitrogen and oxygen atoms in total. The number of amides is 1. The smallest absolute Gasteiger partial charge is 0.428 e. The first-order valence-corrected chi connectivity index (χ1v) is 10.4. The van der Waals surface area contributed by atoms with E-state index in [1.807, 2.05) is 6.92 Å². The molecular formula is C20H20ClF7N6O2. The molecule has 0 saturated carbocycles. The summed E-state index contributed by atoms with van der Waals surface area (Å²) in [7, 11) is 2.44. The SMILES string of the molecule is CCCN(C)C(=O)c1cc(C(C=Nc2c(OC(F)F)c(C(F)(F)C(F)(F)F)nn2C)=CN)cnc1Cl. The van der Waals surface area contributed by atoms with Gasteiger partial charge in [0, 0.05) is 50.4 Å². The number of nitrogens with zero attached hydrogens (tertiary/aromatic N) is 5. The highest BCUT2D eigenvalue weighted by Gasteiger charge is 2.62. The molecule has 0 unspecified atom stereocenters. The zero-order valence-corrected chi connectivity index (χ0v) is 19.7. The van der Waals surface area contributed by atoms with Gasteiger partial charge in [-0.3, -0.25) is 4.79 Å². The molecule has 0 aliphatic heterocycles. The van der Waals surface area contributed by atoms with Crippen molar-refractivity contribution in [2.45, 2.75) is 32.1 Å². The topological polar surface area (TPSA) is 98.6 Å². The molecular weight excluding hydrogens is 525 g/mol. The number of aliphatic imine (C=N–C) groups is 1. The minimum Gasteiger partial charge on any atom is -0.428 e. The number of hydrogen-bond acceptors (Lipinski definition) is 6. The zero-order chi connectivity index (χ0) is 27.4. The molecule has 0 aliphatic rings. The second-order valence-corrected chi connectivity index (χ2v) is 7.60. The lowest BCUT2D eigenvalue weighted by Crippen LogP contribution is -2.34. The maximum Gasteiger partial charge on any atom is 0.459 e. The summed E-state index contributed by atoms with van der Waals surface area (Å²) in [6.07, 6.45) is -2.48. The van der Waals surface area contributed by atoms with Crippen LogP contribution in [-0.4, -0.2) is 58.2 Å². The van der Waals surface area contributed by atoms with Gasteiger partial charge in [-0.25, -0.2) is 14.7 Å². The fourth-order valence-corrected chi connectivity index (χ4v) is 3.10. The van der Waals surface area contributed by atoms with Crippen LogP contribution in [0.25, 0.3) is 5.57 Å². The van der Waals surface area contributed by atoms with Crippen LogP contribution in [0.3, 0.4) is 0 Å². The number of carbonyl (C=O) groups excluding carboxylic acids is 1. The number of carbonyl (C=O) groups is 1. The molecule has 2 N–H and O–H groups in total. The number of halogens is 8. The maximum absolute atomic E-state index is 13.9. The van der Waals surface area contributed by atoms with E-state index in [0.29, 0.717) is 17.6 Å². The molecule has 0 radical (unpaired) electrons. The summed E-state index contributed by atoms with van der Waals surface area (Å²) < 4.78 is 96.4. The van der Waals surface area contributed by atoms with Crippen LogP contribution in [0.5, 0.6) is 5.75 Å². The molecule has 1 amide bonds. The highest BCUT2D eigenvalue weighted by Crippen LogP contribution is 2.49. The molecule has 16 heteroatoms. The van der Waals surface area contributed by atoms with Gasteiger partial charge in [0.2, 0.25) is 0 Å². The third kappa shape index (κ3) is 6.06. The molecule has 0 aromatic carbocycles. The van der Waals surface area contributed by atoms with Crippen molar-refractivity contribution in [1.82, 2.24) is 19.7 Å². The van der Waals surface area contributed by atoms with Crippen LogP contribution in [0.4, 0.5) is 36.6 Å². The molecule has 0 aliphatic carbocycles. The number of hydrogen-bond donors (Lipinski definition) is 1. The van der Waals surface area contributed by atoms with Gasteiger partial charge < -0.3 is 15.4 Å². The molecule has 0 atom stereocenters. The Hall–Kier alpha value is -3.36. The van der Waals surface area contributed by atoms with E-state index in [9.17, 15) is 35.5 Å². The fourth-order valence-electron chi connectivity index (χ4n) is 2.92. The zero-order valence-electron chi connectivity index (χ0n) is 19.0. The standard InChI is InChI=1S/C20H20ClF7N6O2/c1-4-5-33(2)17(35)12-6-10(8-30-15(12)21)11(7-29)9-31-16-13(36-18(22)23)14(32-34(16)3)19(24,25)20(26,27)28/h6-9,18H,4-5,29H2,1-3H3. The Morgan fingerprint density at radius 3 is 2.50 bits per heavy atom. The fraction of sp³-hybridized carbons (Fsp3) is 0.400. The second-order valence-electron chi connectivity index (χ2n) is 7.24. The van der Waals surface area contributed by atoms with Crippen LogP contribution in [-0.2, 0) is 13.0 Å². The van der Waals surface area contributed by atoms with Crippen molar-refractivity contribution in [2.75, 3.05) is 13.6 Å². The largest absolute Gasteiger partial charge is 0.459 e. The lowest BCUT2D eigenvalue weighted by molar-refractivity contribution is -0.291. The molecule has 2 heterocycles. The summed E-state index contributed by atoms with van der Waals surface area (Å²) in [6.45, 7) is -1.49. The van der Waals surface area contributed by atoms with Gasteiger partial charge in [0.25, 0.3) is 5.91 Å². The Kier molecular flexibility index (Phi) is 8.93. The number of aromatic nitrogens is 3. The van der Waals surface area contributed by atoms with Gasteiger partial charge in [-0.2, -0.15) is 35.8 Å². The van der Waals surface area contributed by atoms with Crippen LogP contribution in [0.15, 0.2) is 23.5 Å². The lowest BCUT2D eigenvalue weighted by Gasteiger charge is -2.18. The third-order valence-corrected chi connectivity index (χ3v) is 4.95. The lowest BCUT2D eigenvalue weighted by atomic mass is 10.1. The van der Waals surface area contributed by atoms with Gasteiger partial charge in [0.05, 0.1) is 5.56 Å². The number of pyridine rings is 1. The third-order valence-electron chi connectivity index (χ3n) is 4.65. The molecule has 2 aromatic rings. The molecule has 0 fully saturated rings. The molecule has 2 aromatic heterocycles. The summed E-state index contributed by atoms with van der Waals surface area (Å²) in [4.78, 5) is 21.6. The monoisotopic (exact) mass is 544 g/mol. The Labute approximate surface area is 205 Å². The van der Waals surface area contributed by atoms with Crippen LogP contribution in [0, 0.1) is 0 Å². The van der Waals surface area contributed by atoms with Gasteiger partial charge in [0.1, 0.15) is 5.15 Å². The molecule has 0 saturated heterocycles. The van der Waals surface area contributed by atoms with Gasteiger partial charge in [-0.05, 0) is 12.5 Å². The molecule has 198 valence electrons. The van der Waals surface area contributed by atoms with E-state index in [2.05, 4.69) is 19.8 Å². The number of allylic oxidation sites excluding steroid dienone is 1. The summed E-state index contributed by atoms with van der Waals surface area (Å²) in [5.74, 6) is -8.54. The number of alkyl halides is 7. The van der Waals surface area contributed by atoms with Crippen molar-refractivity contribution in [3.05, 3.63) is 40.4 Å². The van der Waals surface area contributed by atoms with E-state index in [1.165, 1.54) is 24.2 Å². The summed E-state index contributed by atoms with van der Waals surface area (Å²) >= 11 is 6.02. The Bertz CT molecular complexity index is 1160. The van der Waals surface area contributed by atoms with Crippen molar-refractivity contribution in [3.63, 3.8) is 0 Å². The van der Waals surface area contributed by atoms with Gasteiger partial charge in [-0.1, -0.05) is 18.5 Å². The summed E-state index contributed by atoms with van der Waals surface area (Å²) in [5.41, 5.74) is 3.61. The molecule has 2 rings (SSSR count). The van der Waals surface area contributed by atoms with E-state index >= 15 is 0 Å². The molecule has 36 heavy (non-hydrogen) atoms. The van der Waals surface area contributed by atoms with Crippen molar-refractivity contribution in [2.24, 2.45) is 17.8 Å². The van der Waals surface area contributed by atoms with Crippen molar-refractivity contribution < 1.29 is 40.3 Å². The highest BCUT2D eigenvalue weighted by atomic mass is 35.5. The first-order valence-electron chi connectivity index (χ1n) is 9.99. The van der Waals surface area contributed by atoms with Crippen LogP contribution in [0.1, 0.15) is 35.0 Å². The van der Waals surface area contributed by atoms with Crippen molar-refractivity contribution >= 4 is 35.1 Å². The van der Waals surface area contributed by atoms with E-state index in [4.69, 9.17) is 17.3 Å². The highest BCUT2D eigenvalue weighted by molar-refractivity contribution is 6.32. The number of nitrogens with two attached hydrogens (primary N) is 1. The van der Waals surface area contributed by atoms with Crippen LogP contribution >= 0.6 is 11.6 Å². The summed E-state index contributed by atoms with van der Waals surface area (Å²) in [6, 6.07) is 1.30. The minimum absolute atomic E-state index is 0.00720. The first kappa shape index (κ1) is 28.9. The number of ether oxygens (including phenoxy) is 1. The summed E-state index contributed by atoms with van der Waals surface area (Å²) in [5, 5.41) is 2.88. The van der Waals surface area contributed by atoms with Gasteiger partial charge in [0.15, 0.2) is 17.3 Å². The minimum atomic E-state index is -6.15. The number of aryl methyl sites for hydroxylation is 1. The normalized spacial score (nSPS) is 13.1. The first-order chi connectivity index (χ1) is 16.6. The average Bonchev–Trinajstić information content (AvgIpc) is 3.09.